The molecule has 1 unspecified atom stereocenters. The first-order valence-corrected chi connectivity index (χ1v) is 6.40. The van der Waals surface area contributed by atoms with Crippen molar-refractivity contribution in [1.29, 1.82) is 0 Å². The number of hydrogen-bond donors (Lipinski definition) is 1. The molecule has 1 atom stereocenters. The maximum absolute atomic E-state index is 11.7. The van der Waals surface area contributed by atoms with Crippen LogP contribution in [0.15, 0.2) is 9.98 Å². The summed E-state index contributed by atoms with van der Waals surface area (Å²) in [6, 6.07) is 0. The highest BCUT2D eigenvalue weighted by molar-refractivity contribution is 9.11. The van der Waals surface area contributed by atoms with E-state index in [1.54, 1.807) is 6.20 Å². The summed E-state index contributed by atoms with van der Waals surface area (Å²) in [5.74, 6) is -0.0865. The van der Waals surface area contributed by atoms with Gasteiger partial charge in [0, 0.05) is 6.61 Å². The lowest BCUT2D eigenvalue weighted by Gasteiger charge is -2.20. The Morgan fingerprint density at radius 1 is 1.67 bits per heavy atom. The molecule has 1 aromatic heterocycles. The van der Waals surface area contributed by atoms with Gasteiger partial charge >= 0.3 is 0 Å². The highest BCUT2D eigenvalue weighted by Crippen LogP contribution is 2.24. The second kappa shape index (κ2) is 5.05. The molecule has 2 heterocycles. The molecule has 1 N–H and O–H groups in total. The molecule has 1 fully saturated rings. The van der Waals surface area contributed by atoms with Crippen LogP contribution in [0.3, 0.4) is 0 Å². The van der Waals surface area contributed by atoms with E-state index in [2.05, 4.69) is 26.2 Å². The van der Waals surface area contributed by atoms with Crippen molar-refractivity contribution in [3.05, 3.63) is 9.98 Å². The second-order valence-corrected chi connectivity index (χ2v) is 5.72. The Hall–Kier alpha value is -0.460. The first-order valence-electron chi connectivity index (χ1n) is 4.79. The first kappa shape index (κ1) is 11.0. The maximum Gasteiger partial charge on any atom is 0.255 e. The number of hydrogen-bond acceptors (Lipinski definition) is 4. The lowest BCUT2D eigenvalue weighted by Crippen LogP contribution is -2.33. The number of nitrogens with one attached hydrogen (secondary N) is 1. The minimum atomic E-state index is -0.304. The van der Waals surface area contributed by atoms with E-state index in [9.17, 15) is 4.79 Å². The van der Waals surface area contributed by atoms with Crippen molar-refractivity contribution in [3.8, 4) is 0 Å². The molecule has 0 bridgehead atoms. The molecule has 1 aliphatic rings. The molecule has 0 radical (unpaired) electrons. The smallest absolute Gasteiger partial charge is 0.255 e. The van der Waals surface area contributed by atoms with Crippen molar-refractivity contribution < 1.29 is 9.53 Å². The fourth-order valence-electron chi connectivity index (χ4n) is 1.45. The third-order valence-corrected chi connectivity index (χ3v) is 3.57. The third-order valence-electron chi connectivity index (χ3n) is 2.18. The molecule has 0 aromatic carbocycles. The Bertz CT molecular complexity index is 350. The predicted octanol–water partition coefficient (Wildman–Crippen LogP) is 2.41. The van der Waals surface area contributed by atoms with Gasteiger partial charge in [-0.1, -0.05) is 11.3 Å². The number of carbonyl (C=O) groups excluding carboxylic acids is 1. The standard InChI is InChI=1S/C9H11BrN2O2S/c10-7-5-11-9(15-7)12-8(13)6-3-1-2-4-14-6/h5-6H,1-4H2,(H,11,12,13). The maximum atomic E-state index is 11.7. The number of rotatable bonds is 2. The Kier molecular flexibility index (Phi) is 3.71. The SMILES string of the molecule is O=C(Nc1ncc(Br)s1)C1CCCCO1. The van der Waals surface area contributed by atoms with Crippen LogP contribution >= 0.6 is 27.3 Å². The highest BCUT2D eigenvalue weighted by atomic mass is 79.9. The third kappa shape index (κ3) is 2.99. The van der Waals surface area contributed by atoms with E-state index in [0.717, 1.165) is 23.0 Å². The molecule has 15 heavy (non-hydrogen) atoms. The predicted molar refractivity (Wildman–Crippen MR) is 62.0 cm³/mol. The molecule has 4 nitrogen and oxygen atoms in total. The zero-order chi connectivity index (χ0) is 10.7. The molecule has 82 valence electrons. The number of ether oxygens (including phenoxy) is 1. The van der Waals surface area contributed by atoms with E-state index in [4.69, 9.17) is 4.74 Å². The van der Waals surface area contributed by atoms with Crippen LogP contribution in [-0.2, 0) is 9.53 Å². The summed E-state index contributed by atoms with van der Waals surface area (Å²) in [6.45, 7) is 0.680. The number of nitrogens with zero attached hydrogens (tertiary/aromatic N) is 1. The molecule has 2 rings (SSSR count). The average Bonchev–Trinajstić information content (AvgIpc) is 2.65. The van der Waals surface area contributed by atoms with Gasteiger partial charge in [0.1, 0.15) is 6.10 Å². The van der Waals surface area contributed by atoms with Gasteiger partial charge in [-0.15, -0.1) is 0 Å². The molecular formula is C9H11BrN2O2S. The van der Waals surface area contributed by atoms with Gasteiger partial charge in [-0.05, 0) is 35.2 Å². The minimum absolute atomic E-state index is 0.0865. The second-order valence-electron chi connectivity index (χ2n) is 3.31. The average molecular weight is 291 g/mol. The monoisotopic (exact) mass is 290 g/mol. The number of thiazole rings is 1. The van der Waals surface area contributed by atoms with Gasteiger partial charge in [-0.3, -0.25) is 10.1 Å². The van der Waals surface area contributed by atoms with E-state index in [-0.39, 0.29) is 12.0 Å². The van der Waals surface area contributed by atoms with Crippen LogP contribution in [0.5, 0.6) is 0 Å². The summed E-state index contributed by atoms with van der Waals surface area (Å²) in [6.07, 6.45) is 4.27. The summed E-state index contributed by atoms with van der Waals surface area (Å²) >= 11 is 4.69. The molecule has 1 aromatic rings. The Labute approximate surface area is 100 Å². The first-order chi connectivity index (χ1) is 7.25. The number of carbonyl (C=O) groups is 1. The Morgan fingerprint density at radius 3 is 3.13 bits per heavy atom. The molecule has 1 aliphatic heterocycles. The number of amides is 1. The Balaban J connectivity index is 1.91. The lowest BCUT2D eigenvalue weighted by molar-refractivity contribution is -0.129. The van der Waals surface area contributed by atoms with E-state index in [0.29, 0.717) is 11.7 Å². The van der Waals surface area contributed by atoms with Crippen LogP contribution in [0.1, 0.15) is 19.3 Å². The van der Waals surface area contributed by atoms with Crippen molar-refractivity contribution in [1.82, 2.24) is 4.98 Å². The number of halogens is 1. The Morgan fingerprint density at radius 2 is 2.53 bits per heavy atom. The van der Waals surface area contributed by atoms with Crippen LogP contribution in [0.4, 0.5) is 5.13 Å². The van der Waals surface area contributed by atoms with Crippen molar-refractivity contribution in [2.45, 2.75) is 25.4 Å². The number of aromatic nitrogens is 1. The zero-order valence-corrected chi connectivity index (χ0v) is 10.4. The van der Waals surface area contributed by atoms with Crippen LogP contribution < -0.4 is 5.32 Å². The summed E-state index contributed by atoms with van der Waals surface area (Å²) < 4.78 is 6.28. The molecule has 1 amide bonds. The van der Waals surface area contributed by atoms with Gasteiger partial charge in [0.2, 0.25) is 0 Å². The summed E-state index contributed by atoms with van der Waals surface area (Å²) in [5.41, 5.74) is 0. The van der Waals surface area contributed by atoms with Gasteiger partial charge in [-0.2, -0.15) is 0 Å². The summed E-state index contributed by atoms with van der Waals surface area (Å²) in [5, 5.41) is 3.36. The minimum Gasteiger partial charge on any atom is -0.368 e. The van der Waals surface area contributed by atoms with E-state index >= 15 is 0 Å². The summed E-state index contributed by atoms with van der Waals surface area (Å²) in [7, 11) is 0. The van der Waals surface area contributed by atoms with Gasteiger partial charge in [-0.25, -0.2) is 4.98 Å². The van der Waals surface area contributed by atoms with E-state index in [1.165, 1.54) is 11.3 Å². The summed E-state index contributed by atoms with van der Waals surface area (Å²) in [4.78, 5) is 15.7. The van der Waals surface area contributed by atoms with Gasteiger partial charge in [0.25, 0.3) is 5.91 Å². The quantitative estimate of drug-likeness (QED) is 0.910. The van der Waals surface area contributed by atoms with Crippen LogP contribution in [0, 0.1) is 0 Å². The van der Waals surface area contributed by atoms with Crippen molar-refractivity contribution in [3.63, 3.8) is 0 Å². The molecular weight excluding hydrogens is 280 g/mol. The topological polar surface area (TPSA) is 51.2 Å². The van der Waals surface area contributed by atoms with Crippen molar-refractivity contribution in [2.75, 3.05) is 11.9 Å². The van der Waals surface area contributed by atoms with E-state index in [1.807, 2.05) is 0 Å². The molecule has 0 saturated carbocycles. The van der Waals surface area contributed by atoms with Crippen molar-refractivity contribution in [2.24, 2.45) is 0 Å². The lowest BCUT2D eigenvalue weighted by atomic mass is 10.1. The van der Waals surface area contributed by atoms with Crippen LogP contribution in [-0.4, -0.2) is 23.6 Å². The highest BCUT2D eigenvalue weighted by Gasteiger charge is 2.22. The number of anilines is 1. The fourth-order valence-corrected chi connectivity index (χ4v) is 2.56. The van der Waals surface area contributed by atoms with E-state index < -0.39 is 0 Å². The van der Waals surface area contributed by atoms with Gasteiger partial charge in [0.15, 0.2) is 5.13 Å². The molecule has 0 spiro atoms. The fraction of sp³-hybridized carbons (Fsp3) is 0.556. The van der Waals surface area contributed by atoms with Crippen molar-refractivity contribution >= 4 is 38.3 Å². The molecule has 6 heteroatoms. The van der Waals surface area contributed by atoms with Gasteiger partial charge in [0.05, 0.1) is 9.98 Å². The normalized spacial score (nSPS) is 21.3. The zero-order valence-electron chi connectivity index (χ0n) is 8.03. The van der Waals surface area contributed by atoms with Crippen LogP contribution in [0.25, 0.3) is 0 Å². The van der Waals surface area contributed by atoms with Crippen LogP contribution in [0.2, 0.25) is 0 Å². The molecule has 1 saturated heterocycles. The largest absolute Gasteiger partial charge is 0.368 e. The molecule has 0 aliphatic carbocycles. The van der Waals surface area contributed by atoms with Gasteiger partial charge < -0.3 is 4.74 Å².